The largest absolute Gasteiger partial charge is 0.469 e. The lowest BCUT2D eigenvalue weighted by Gasteiger charge is -2.24. The van der Waals surface area contributed by atoms with E-state index in [1.165, 1.54) is 154 Å². The topological polar surface area (TPSA) is 116 Å². The summed E-state index contributed by atoms with van der Waals surface area (Å²) in [4.78, 5) is 30.8. The third-order valence-electron chi connectivity index (χ3n) is 9.34. The quantitative estimate of drug-likeness (QED) is 0.0385. The zero-order chi connectivity index (χ0) is 34.0. The van der Waals surface area contributed by atoms with Crippen molar-refractivity contribution >= 4 is 13.7 Å². The highest BCUT2D eigenvalue weighted by Gasteiger charge is 2.25. The van der Waals surface area contributed by atoms with Crippen molar-refractivity contribution in [1.29, 1.82) is 0 Å². The lowest BCUT2D eigenvalue weighted by Crippen LogP contribution is -2.46. The molecule has 276 valence electrons. The number of hydrogen-bond donors (Lipinski definition) is 4. The lowest BCUT2D eigenvalue weighted by atomic mass is 10.0. The predicted octanol–water partition coefficient (Wildman–Crippen LogP) is 11.5. The average molecular weight is 676 g/mol. The van der Waals surface area contributed by atoms with Gasteiger partial charge in [-0.15, -0.1) is 0 Å². The minimum Gasteiger partial charge on any atom is -0.391 e. The molecule has 46 heavy (non-hydrogen) atoms. The first-order valence-electron chi connectivity index (χ1n) is 20.0. The standard InChI is InChI=1S/C38H78NO6P/c1-3-5-7-9-11-13-15-17-18-19-20-22-23-25-27-29-31-33-37(40)36(35-45-46(42,43)44)39-38(41)34-32-30-28-26-24-21-16-14-12-10-8-6-4-2/h36-37,40H,3-35H2,1-2H3,(H,39,41)(H2,42,43,44)/t36-,37+/m0/s1. The smallest absolute Gasteiger partial charge is 0.391 e. The summed E-state index contributed by atoms with van der Waals surface area (Å²) in [5.41, 5.74) is 0. The molecule has 0 bridgehead atoms. The number of carbonyl (C=O) groups excluding carboxylic acids is 1. The first-order chi connectivity index (χ1) is 22.3. The number of aliphatic hydroxyl groups is 1. The van der Waals surface area contributed by atoms with E-state index in [1.807, 2.05) is 0 Å². The number of amides is 1. The van der Waals surface area contributed by atoms with Crippen molar-refractivity contribution in [1.82, 2.24) is 5.32 Å². The van der Waals surface area contributed by atoms with E-state index in [2.05, 4.69) is 23.7 Å². The molecule has 2 atom stereocenters. The Labute approximate surface area is 285 Å². The van der Waals surface area contributed by atoms with Crippen molar-refractivity contribution in [3.8, 4) is 0 Å². The Kier molecular flexibility index (Phi) is 34.1. The average Bonchev–Trinajstić information content (AvgIpc) is 3.02. The van der Waals surface area contributed by atoms with Crippen LogP contribution in [0.4, 0.5) is 0 Å². The van der Waals surface area contributed by atoms with E-state index in [4.69, 9.17) is 9.79 Å². The zero-order valence-electron chi connectivity index (χ0n) is 30.5. The molecule has 0 heterocycles. The Morgan fingerprint density at radius 2 is 0.848 bits per heavy atom. The lowest BCUT2D eigenvalue weighted by molar-refractivity contribution is -0.123. The van der Waals surface area contributed by atoms with Crippen LogP contribution < -0.4 is 5.32 Å². The molecule has 7 nitrogen and oxygen atoms in total. The molecular weight excluding hydrogens is 597 g/mol. The molecule has 0 aliphatic rings. The molecule has 8 heteroatoms. The minimum atomic E-state index is -4.68. The molecule has 4 N–H and O–H groups in total. The first kappa shape index (κ1) is 45.5. The highest BCUT2D eigenvalue weighted by Crippen LogP contribution is 2.36. The van der Waals surface area contributed by atoms with Crippen LogP contribution in [0.2, 0.25) is 0 Å². The number of aliphatic hydroxyl groups excluding tert-OH is 1. The summed E-state index contributed by atoms with van der Waals surface area (Å²) in [5, 5.41) is 13.5. The molecule has 0 aliphatic heterocycles. The van der Waals surface area contributed by atoms with E-state index in [0.717, 1.165) is 38.5 Å². The Hall–Kier alpha value is -0.460. The fourth-order valence-electron chi connectivity index (χ4n) is 6.29. The molecule has 0 saturated carbocycles. The van der Waals surface area contributed by atoms with Crippen LogP contribution in [0.1, 0.15) is 219 Å². The van der Waals surface area contributed by atoms with Gasteiger partial charge in [0.1, 0.15) is 0 Å². The van der Waals surface area contributed by atoms with Gasteiger partial charge in [0.05, 0.1) is 18.8 Å². The van der Waals surface area contributed by atoms with E-state index in [0.29, 0.717) is 12.8 Å². The minimum absolute atomic E-state index is 0.191. The highest BCUT2D eigenvalue weighted by molar-refractivity contribution is 7.46. The summed E-state index contributed by atoms with van der Waals surface area (Å²) in [7, 11) is -4.68. The number of unbranched alkanes of at least 4 members (excludes halogenated alkanes) is 28. The monoisotopic (exact) mass is 676 g/mol. The van der Waals surface area contributed by atoms with E-state index in [9.17, 15) is 14.5 Å². The van der Waals surface area contributed by atoms with Gasteiger partial charge in [-0.2, -0.15) is 0 Å². The van der Waals surface area contributed by atoms with Gasteiger partial charge in [0.2, 0.25) is 5.91 Å². The number of rotatable bonds is 37. The van der Waals surface area contributed by atoms with Gasteiger partial charge in [0.15, 0.2) is 0 Å². The normalized spacial score (nSPS) is 13.2. The van der Waals surface area contributed by atoms with Gasteiger partial charge in [0, 0.05) is 6.42 Å². The van der Waals surface area contributed by atoms with Crippen LogP contribution in [0.5, 0.6) is 0 Å². The first-order valence-corrected chi connectivity index (χ1v) is 21.5. The molecule has 0 aliphatic carbocycles. The summed E-state index contributed by atoms with van der Waals surface area (Å²) in [6, 6.07) is -0.817. The van der Waals surface area contributed by atoms with Crippen LogP contribution in [-0.4, -0.2) is 39.6 Å². The Balaban J connectivity index is 3.90. The second kappa shape index (κ2) is 34.4. The number of nitrogens with one attached hydrogen (secondary N) is 1. The van der Waals surface area contributed by atoms with Crippen LogP contribution in [0.15, 0.2) is 0 Å². The maximum Gasteiger partial charge on any atom is 0.469 e. The summed E-state index contributed by atoms with van der Waals surface area (Å²) in [6.07, 6.45) is 37.9. The van der Waals surface area contributed by atoms with Crippen molar-refractivity contribution in [2.24, 2.45) is 0 Å². The van der Waals surface area contributed by atoms with Gasteiger partial charge < -0.3 is 20.2 Å². The third-order valence-corrected chi connectivity index (χ3v) is 9.83. The van der Waals surface area contributed by atoms with Crippen LogP contribution in [0.25, 0.3) is 0 Å². The molecule has 0 aromatic heterocycles. The fraction of sp³-hybridized carbons (Fsp3) is 0.974. The van der Waals surface area contributed by atoms with Gasteiger partial charge in [0.25, 0.3) is 0 Å². The van der Waals surface area contributed by atoms with Gasteiger partial charge >= 0.3 is 7.82 Å². The van der Waals surface area contributed by atoms with E-state index < -0.39 is 26.6 Å². The molecule has 0 spiro atoms. The molecular formula is C38H78NO6P. The zero-order valence-corrected chi connectivity index (χ0v) is 31.4. The highest BCUT2D eigenvalue weighted by atomic mass is 31.2. The van der Waals surface area contributed by atoms with Crippen molar-refractivity contribution in [2.45, 2.75) is 231 Å². The third kappa shape index (κ3) is 34.9. The van der Waals surface area contributed by atoms with Crippen LogP contribution in [0.3, 0.4) is 0 Å². The molecule has 0 aromatic carbocycles. The molecule has 0 radical (unpaired) electrons. The summed E-state index contributed by atoms with van der Waals surface area (Å²) >= 11 is 0. The number of carbonyl (C=O) groups is 1. The molecule has 1 amide bonds. The van der Waals surface area contributed by atoms with Crippen LogP contribution in [-0.2, 0) is 13.9 Å². The predicted molar refractivity (Wildman–Crippen MR) is 195 cm³/mol. The van der Waals surface area contributed by atoms with E-state index >= 15 is 0 Å². The SMILES string of the molecule is CCCCCCCCCCCCCCCCCCC[C@@H](O)[C@H](COP(=O)(O)O)NC(=O)CCCCCCCCCCCCCCC. The molecule has 0 fully saturated rings. The second-order valence-corrected chi connectivity index (χ2v) is 15.2. The van der Waals surface area contributed by atoms with E-state index in [1.54, 1.807) is 0 Å². The molecule has 0 rings (SSSR count). The van der Waals surface area contributed by atoms with Gasteiger partial charge in [-0.25, -0.2) is 4.57 Å². The van der Waals surface area contributed by atoms with E-state index in [-0.39, 0.29) is 5.91 Å². The number of phosphoric ester groups is 1. The van der Waals surface area contributed by atoms with Gasteiger partial charge in [-0.05, 0) is 12.8 Å². The maximum absolute atomic E-state index is 12.5. The van der Waals surface area contributed by atoms with Gasteiger partial charge in [-0.3, -0.25) is 9.32 Å². The number of hydrogen-bond acceptors (Lipinski definition) is 4. The Bertz CT molecular complexity index is 688. The fourth-order valence-corrected chi connectivity index (χ4v) is 6.64. The van der Waals surface area contributed by atoms with Crippen LogP contribution in [0, 0.1) is 0 Å². The maximum atomic E-state index is 12.5. The van der Waals surface area contributed by atoms with Gasteiger partial charge in [-0.1, -0.05) is 200 Å². The summed E-state index contributed by atoms with van der Waals surface area (Å²) in [5.74, 6) is -0.191. The molecule has 0 unspecified atom stereocenters. The number of phosphoric acid groups is 1. The van der Waals surface area contributed by atoms with Crippen molar-refractivity contribution in [3.05, 3.63) is 0 Å². The molecule has 0 saturated heterocycles. The summed E-state index contributed by atoms with van der Waals surface area (Å²) < 4.78 is 15.9. The van der Waals surface area contributed by atoms with Crippen molar-refractivity contribution < 1.29 is 28.8 Å². The van der Waals surface area contributed by atoms with Crippen molar-refractivity contribution in [2.75, 3.05) is 6.61 Å². The van der Waals surface area contributed by atoms with Crippen molar-refractivity contribution in [3.63, 3.8) is 0 Å². The Morgan fingerprint density at radius 3 is 1.17 bits per heavy atom. The molecule has 0 aromatic rings. The summed E-state index contributed by atoms with van der Waals surface area (Å²) in [6.45, 7) is 4.13. The van der Waals surface area contributed by atoms with Crippen LogP contribution >= 0.6 is 7.82 Å². The second-order valence-electron chi connectivity index (χ2n) is 14.0. The Morgan fingerprint density at radius 1 is 0.543 bits per heavy atom.